The molecule has 1 fully saturated rings. The number of hydrogen-bond donors (Lipinski definition) is 1. The van der Waals surface area contributed by atoms with Crippen molar-refractivity contribution in [3.63, 3.8) is 0 Å². The molecule has 2 aromatic carbocycles. The lowest BCUT2D eigenvalue weighted by Crippen LogP contribution is -2.39. The number of nitrogens with zero attached hydrogens (tertiary/aromatic N) is 1. The zero-order chi connectivity index (χ0) is 17.0. The predicted octanol–water partition coefficient (Wildman–Crippen LogP) is 4.45. The molecule has 2 aromatic rings. The van der Waals surface area contributed by atoms with Gasteiger partial charge in [-0.25, -0.2) is 0 Å². The highest BCUT2D eigenvalue weighted by Gasteiger charge is 2.37. The van der Waals surface area contributed by atoms with Gasteiger partial charge in [0.15, 0.2) is 0 Å². The number of hydrogen-bond acceptors (Lipinski definition) is 2. The van der Waals surface area contributed by atoms with E-state index in [0.717, 1.165) is 32.1 Å². The van der Waals surface area contributed by atoms with Gasteiger partial charge in [0.25, 0.3) is 0 Å². The average Bonchev–Trinajstić information content (AvgIpc) is 2.58. The zero-order valence-corrected chi connectivity index (χ0v) is 14.9. The number of rotatable bonds is 5. The van der Waals surface area contributed by atoms with Crippen molar-refractivity contribution in [2.45, 2.75) is 43.7 Å². The molecule has 1 unspecified atom stereocenters. The van der Waals surface area contributed by atoms with E-state index in [1.807, 2.05) is 6.07 Å². The maximum Gasteiger partial charge on any atom is 0.0688 e. The van der Waals surface area contributed by atoms with Gasteiger partial charge in [0.05, 0.1) is 5.60 Å². The van der Waals surface area contributed by atoms with E-state index in [-0.39, 0.29) is 0 Å². The van der Waals surface area contributed by atoms with Gasteiger partial charge in [-0.15, -0.1) is 0 Å². The summed E-state index contributed by atoms with van der Waals surface area (Å²) in [5.41, 5.74) is 2.09. The first-order valence-corrected chi connectivity index (χ1v) is 9.05. The van der Waals surface area contributed by atoms with Crippen LogP contribution in [-0.2, 0) is 6.42 Å². The average molecular weight is 323 g/mol. The minimum Gasteiger partial charge on any atom is -0.390 e. The third-order valence-corrected chi connectivity index (χ3v) is 5.48. The highest BCUT2D eigenvalue weighted by Crippen LogP contribution is 2.41. The summed E-state index contributed by atoms with van der Waals surface area (Å²) in [5.74, 6) is 0.610. The van der Waals surface area contributed by atoms with Crippen LogP contribution in [0, 0.1) is 5.92 Å². The molecule has 0 amide bonds. The van der Waals surface area contributed by atoms with Crippen molar-refractivity contribution in [3.05, 3.63) is 71.8 Å². The summed E-state index contributed by atoms with van der Waals surface area (Å²) in [6.45, 7) is 0. The fraction of sp³-hybridized carbons (Fsp3) is 0.455. The molecule has 0 heterocycles. The lowest BCUT2D eigenvalue weighted by molar-refractivity contribution is -0.0202. The SMILES string of the molecule is CN(C)C(c1ccccc1)C1CCC(O)(Cc2ccccc2)CC1. The molecule has 1 aliphatic carbocycles. The summed E-state index contributed by atoms with van der Waals surface area (Å²) < 4.78 is 0. The highest BCUT2D eigenvalue weighted by molar-refractivity contribution is 5.21. The van der Waals surface area contributed by atoms with Crippen molar-refractivity contribution in [1.29, 1.82) is 0 Å². The molecule has 0 spiro atoms. The van der Waals surface area contributed by atoms with Gasteiger partial charge in [-0.2, -0.15) is 0 Å². The van der Waals surface area contributed by atoms with Crippen LogP contribution in [0.15, 0.2) is 60.7 Å². The maximum atomic E-state index is 11.0. The molecule has 0 aromatic heterocycles. The minimum atomic E-state index is -0.536. The molecule has 0 aliphatic heterocycles. The van der Waals surface area contributed by atoms with Gasteiger partial charge in [-0.05, 0) is 56.8 Å². The monoisotopic (exact) mass is 323 g/mol. The van der Waals surface area contributed by atoms with Crippen LogP contribution < -0.4 is 0 Å². The molecular formula is C22H29NO. The minimum absolute atomic E-state index is 0.437. The molecule has 1 aliphatic rings. The van der Waals surface area contributed by atoms with Gasteiger partial charge in [-0.3, -0.25) is 0 Å². The molecule has 128 valence electrons. The summed E-state index contributed by atoms with van der Waals surface area (Å²) in [4.78, 5) is 2.33. The molecule has 1 N–H and O–H groups in total. The second-order valence-electron chi connectivity index (χ2n) is 7.54. The Kier molecular flexibility index (Phi) is 5.37. The van der Waals surface area contributed by atoms with E-state index in [4.69, 9.17) is 0 Å². The molecule has 1 saturated carbocycles. The van der Waals surface area contributed by atoms with E-state index in [9.17, 15) is 5.11 Å². The summed E-state index contributed by atoms with van der Waals surface area (Å²) in [5, 5.41) is 11.0. The van der Waals surface area contributed by atoms with Crippen LogP contribution in [0.2, 0.25) is 0 Å². The Morgan fingerprint density at radius 3 is 2.04 bits per heavy atom. The standard InChI is InChI=1S/C22H29NO/c1-23(2)21(19-11-7-4-8-12-19)20-13-15-22(24,16-14-20)17-18-9-5-3-6-10-18/h3-12,20-21,24H,13-17H2,1-2H3. The van der Waals surface area contributed by atoms with Crippen LogP contribution in [0.25, 0.3) is 0 Å². The molecular weight excluding hydrogens is 294 g/mol. The topological polar surface area (TPSA) is 23.5 Å². The molecule has 3 rings (SSSR count). The molecule has 1 atom stereocenters. The van der Waals surface area contributed by atoms with Gasteiger partial charge in [-0.1, -0.05) is 60.7 Å². The summed E-state index contributed by atoms with van der Waals surface area (Å²) in [7, 11) is 4.34. The van der Waals surface area contributed by atoms with Gasteiger partial charge in [0.2, 0.25) is 0 Å². The first kappa shape index (κ1) is 17.2. The Bertz CT molecular complexity index is 615. The number of aliphatic hydroxyl groups is 1. The molecule has 24 heavy (non-hydrogen) atoms. The molecule has 2 nitrogen and oxygen atoms in total. The van der Waals surface area contributed by atoms with E-state index in [2.05, 4.69) is 73.6 Å². The molecule has 0 bridgehead atoms. The summed E-state index contributed by atoms with van der Waals surface area (Å²) in [6, 6.07) is 21.6. The van der Waals surface area contributed by atoms with Crippen LogP contribution >= 0.6 is 0 Å². The Balaban J connectivity index is 1.67. The largest absolute Gasteiger partial charge is 0.390 e. The van der Waals surface area contributed by atoms with Crippen LogP contribution in [0.3, 0.4) is 0 Å². The van der Waals surface area contributed by atoms with E-state index in [0.29, 0.717) is 12.0 Å². The van der Waals surface area contributed by atoms with E-state index in [1.54, 1.807) is 0 Å². The smallest absolute Gasteiger partial charge is 0.0688 e. The van der Waals surface area contributed by atoms with Gasteiger partial charge in [0, 0.05) is 12.5 Å². The van der Waals surface area contributed by atoms with Gasteiger partial charge < -0.3 is 10.0 Å². The lowest BCUT2D eigenvalue weighted by atomic mass is 9.72. The maximum absolute atomic E-state index is 11.0. The molecule has 2 heteroatoms. The van der Waals surface area contributed by atoms with E-state index >= 15 is 0 Å². The molecule has 0 radical (unpaired) electrons. The van der Waals surface area contributed by atoms with Crippen molar-refractivity contribution >= 4 is 0 Å². The zero-order valence-electron chi connectivity index (χ0n) is 14.9. The van der Waals surface area contributed by atoms with Gasteiger partial charge in [0.1, 0.15) is 0 Å². The van der Waals surface area contributed by atoms with E-state index in [1.165, 1.54) is 11.1 Å². The van der Waals surface area contributed by atoms with Crippen LogP contribution in [-0.4, -0.2) is 29.7 Å². The highest BCUT2D eigenvalue weighted by atomic mass is 16.3. The third-order valence-electron chi connectivity index (χ3n) is 5.48. The normalized spacial score (nSPS) is 25.6. The van der Waals surface area contributed by atoms with Crippen molar-refractivity contribution in [2.24, 2.45) is 5.92 Å². The lowest BCUT2D eigenvalue weighted by Gasteiger charge is -2.41. The Labute approximate surface area is 146 Å². The number of benzene rings is 2. The van der Waals surface area contributed by atoms with Crippen LogP contribution in [0.4, 0.5) is 0 Å². The van der Waals surface area contributed by atoms with Crippen LogP contribution in [0.5, 0.6) is 0 Å². The second-order valence-corrected chi connectivity index (χ2v) is 7.54. The van der Waals surface area contributed by atoms with E-state index < -0.39 is 5.60 Å². The Hall–Kier alpha value is -1.64. The molecule has 0 saturated heterocycles. The Morgan fingerprint density at radius 2 is 1.50 bits per heavy atom. The second kappa shape index (κ2) is 7.50. The van der Waals surface area contributed by atoms with Crippen molar-refractivity contribution in [3.8, 4) is 0 Å². The fourth-order valence-electron chi connectivity index (χ4n) is 4.29. The van der Waals surface area contributed by atoms with Crippen molar-refractivity contribution in [1.82, 2.24) is 4.90 Å². The summed E-state index contributed by atoms with van der Waals surface area (Å²) in [6.07, 6.45) is 4.73. The quantitative estimate of drug-likeness (QED) is 0.878. The fourth-order valence-corrected chi connectivity index (χ4v) is 4.29. The van der Waals surface area contributed by atoms with Gasteiger partial charge >= 0.3 is 0 Å². The predicted molar refractivity (Wildman–Crippen MR) is 99.9 cm³/mol. The van der Waals surface area contributed by atoms with Crippen LogP contribution in [0.1, 0.15) is 42.9 Å². The first-order chi connectivity index (χ1) is 11.6. The van der Waals surface area contributed by atoms with Crippen molar-refractivity contribution < 1.29 is 5.11 Å². The van der Waals surface area contributed by atoms with Crippen molar-refractivity contribution in [2.75, 3.05) is 14.1 Å². The Morgan fingerprint density at radius 1 is 0.958 bits per heavy atom. The first-order valence-electron chi connectivity index (χ1n) is 9.05. The summed E-state index contributed by atoms with van der Waals surface area (Å²) >= 11 is 0. The third kappa shape index (κ3) is 4.06.